The van der Waals surface area contributed by atoms with Crippen LogP contribution >= 0.6 is 11.6 Å². The van der Waals surface area contributed by atoms with E-state index in [4.69, 9.17) is 21.1 Å². The molecule has 1 heterocycles. The molecule has 0 saturated carbocycles. The SMILES string of the molecule is COCCOCCNc1nc(C(C)(C)C)nc(Cl)c1C. The summed E-state index contributed by atoms with van der Waals surface area (Å²) in [4.78, 5) is 8.89. The van der Waals surface area contributed by atoms with Gasteiger partial charge in [-0.05, 0) is 6.92 Å². The van der Waals surface area contributed by atoms with Crippen molar-refractivity contribution in [2.24, 2.45) is 0 Å². The topological polar surface area (TPSA) is 56.3 Å². The third kappa shape index (κ3) is 5.23. The molecule has 0 aliphatic rings. The first kappa shape index (κ1) is 17.1. The Morgan fingerprint density at radius 1 is 1.15 bits per heavy atom. The molecule has 0 saturated heterocycles. The quantitative estimate of drug-likeness (QED) is 0.620. The fraction of sp³-hybridized carbons (Fsp3) is 0.714. The third-order valence-corrected chi connectivity index (χ3v) is 3.10. The van der Waals surface area contributed by atoms with Crippen molar-refractivity contribution in [3.8, 4) is 0 Å². The number of methoxy groups -OCH3 is 1. The van der Waals surface area contributed by atoms with Crippen LogP contribution in [-0.4, -0.2) is 43.4 Å². The second kappa shape index (κ2) is 7.76. The molecule has 0 amide bonds. The Kier molecular flexibility index (Phi) is 6.65. The minimum atomic E-state index is -0.136. The highest BCUT2D eigenvalue weighted by Crippen LogP contribution is 2.25. The van der Waals surface area contributed by atoms with E-state index in [1.54, 1.807) is 7.11 Å². The predicted octanol–water partition coefficient (Wildman–Crippen LogP) is 2.81. The van der Waals surface area contributed by atoms with Gasteiger partial charge in [0.05, 0.1) is 19.8 Å². The minimum absolute atomic E-state index is 0.136. The second-order valence-corrected chi connectivity index (χ2v) is 5.95. The van der Waals surface area contributed by atoms with Crippen LogP contribution in [0.3, 0.4) is 0 Å². The zero-order valence-electron chi connectivity index (χ0n) is 12.9. The van der Waals surface area contributed by atoms with E-state index in [1.807, 2.05) is 6.92 Å². The van der Waals surface area contributed by atoms with Gasteiger partial charge in [0.2, 0.25) is 0 Å². The number of anilines is 1. The van der Waals surface area contributed by atoms with E-state index in [0.29, 0.717) is 31.5 Å². The van der Waals surface area contributed by atoms with E-state index in [0.717, 1.165) is 17.2 Å². The molecular weight excluding hydrogens is 278 g/mol. The number of nitrogens with one attached hydrogen (secondary N) is 1. The van der Waals surface area contributed by atoms with Crippen LogP contribution in [0.1, 0.15) is 32.2 Å². The highest BCUT2D eigenvalue weighted by atomic mass is 35.5. The predicted molar refractivity (Wildman–Crippen MR) is 81.7 cm³/mol. The molecule has 5 nitrogen and oxygen atoms in total. The van der Waals surface area contributed by atoms with E-state index in [2.05, 4.69) is 36.1 Å². The molecule has 0 aliphatic carbocycles. The largest absolute Gasteiger partial charge is 0.382 e. The van der Waals surface area contributed by atoms with Crippen LogP contribution in [0.4, 0.5) is 5.82 Å². The van der Waals surface area contributed by atoms with Crippen LogP contribution in [-0.2, 0) is 14.9 Å². The Morgan fingerprint density at radius 3 is 2.45 bits per heavy atom. The minimum Gasteiger partial charge on any atom is -0.382 e. The third-order valence-electron chi connectivity index (χ3n) is 2.73. The van der Waals surface area contributed by atoms with Crippen molar-refractivity contribution in [1.29, 1.82) is 0 Å². The van der Waals surface area contributed by atoms with Gasteiger partial charge < -0.3 is 14.8 Å². The second-order valence-electron chi connectivity index (χ2n) is 5.59. The summed E-state index contributed by atoms with van der Waals surface area (Å²) in [5.41, 5.74) is 0.722. The van der Waals surface area contributed by atoms with Crippen molar-refractivity contribution in [3.05, 3.63) is 16.5 Å². The smallest absolute Gasteiger partial charge is 0.137 e. The van der Waals surface area contributed by atoms with Crippen LogP contribution in [0.2, 0.25) is 5.15 Å². The standard InChI is InChI=1S/C14H24ClN3O2/c1-10-11(15)17-13(14(2,3)4)18-12(10)16-6-7-20-9-8-19-5/h6-9H2,1-5H3,(H,16,17,18). The summed E-state index contributed by atoms with van der Waals surface area (Å²) in [6, 6.07) is 0. The molecule has 0 unspecified atom stereocenters. The molecule has 20 heavy (non-hydrogen) atoms. The van der Waals surface area contributed by atoms with Crippen molar-refractivity contribution in [2.75, 3.05) is 38.8 Å². The molecule has 1 N–H and O–H groups in total. The van der Waals surface area contributed by atoms with E-state index >= 15 is 0 Å². The molecular formula is C14H24ClN3O2. The molecule has 114 valence electrons. The van der Waals surface area contributed by atoms with E-state index in [-0.39, 0.29) is 5.41 Å². The number of rotatable bonds is 7. The molecule has 0 spiro atoms. The Morgan fingerprint density at radius 2 is 1.85 bits per heavy atom. The van der Waals surface area contributed by atoms with Crippen molar-refractivity contribution in [3.63, 3.8) is 0 Å². The summed E-state index contributed by atoms with van der Waals surface area (Å²) in [6.45, 7) is 10.5. The van der Waals surface area contributed by atoms with Gasteiger partial charge in [-0.2, -0.15) is 0 Å². The maximum absolute atomic E-state index is 6.17. The lowest BCUT2D eigenvalue weighted by Gasteiger charge is -2.19. The molecule has 0 atom stereocenters. The molecule has 6 heteroatoms. The van der Waals surface area contributed by atoms with Gasteiger partial charge in [-0.15, -0.1) is 0 Å². The maximum Gasteiger partial charge on any atom is 0.137 e. The van der Waals surface area contributed by atoms with Crippen molar-refractivity contribution in [1.82, 2.24) is 9.97 Å². The van der Waals surface area contributed by atoms with E-state index < -0.39 is 0 Å². The Hall–Kier alpha value is -0.910. The average Bonchev–Trinajstić information content (AvgIpc) is 2.37. The van der Waals surface area contributed by atoms with Gasteiger partial charge in [-0.3, -0.25) is 0 Å². The Balaban J connectivity index is 2.63. The van der Waals surface area contributed by atoms with Crippen molar-refractivity contribution < 1.29 is 9.47 Å². The summed E-state index contributed by atoms with van der Waals surface area (Å²) in [6.07, 6.45) is 0. The number of nitrogens with zero attached hydrogens (tertiary/aromatic N) is 2. The average molecular weight is 302 g/mol. The highest BCUT2D eigenvalue weighted by molar-refractivity contribution is 6.30. The fourth-order valence-corrected chi connectivity index (χ4v) is 1.65. The molecule has 1 rings (SSSR count). The summed E-state index contributed by atoms with van der Waals surface area (Å²) >= 11 is 6.17. The first-order valence-corrected chi connectivity index (χ1v) is 7.09. The van der Waals surface area contributed by atoms with Crippen LogP contribution in [0.25, 0.3) is 0 Å². The maximum atomic E-state index is 6.17. The molecule has 1 aromatic rings. The number of aromatic nitrogens is 2. The summed E-state index contributed by atoms with van der Waals surface area (Å²) in [5, 5.41) is 3.74. The van der Waals surface area contributed by atoms with Crippen LogP contribution in [0.15, 0.2) is 0 Å². The number of ether oxygens (including phenoxy) is 2. The van der Waals surface area contributed by atoms with Crippen LogP contribution < -0.4 is 5.32 Å². The zero-order valence-corrected chi connectivity index (χ0v) is 13.7. The summed E-state index contributed by atoms with van der Waals surface area (Å²) in [7, 11) is 1.65. The first-order chi connectivity index (χ1) is 9.36. The van der Waals surface area contributed by atoms with Crippen LogP contribution in [0, 0.1) is 6.92 Å². The van der Waals surface area contributed by atoms with Gasteiger partial charge in [0.25, 0.3) is 0 Å². The molecule has 1 aromatic heterocycles. The molecule has 0 aromatic carbocycles. The molecule has 0 bridgehead atoms. The summed E-state index contributed by atoms with van der Waals surface area (Å²) < 4.78 is 10.3. The van der Waals surface area contributed by atoms with Gasteiger partial charge in [0.1, 0.15) is 16.8 Å². The van der Waals surface area contributed by atoms with Gasteiger partial charge in [0, 0.05) is 24.6 Å². The normalized spacial score (nSPS) is 11.7. The Bertz CT molecular complexity index is 433. The van der Waals surface area contributed by atoms with Crippen molar-refractivity contribution in [2.45, 2.75) is 33.1 Å². The monoisotopic (exact) mass is 301 g/mol. The van der Waals surface area contributed by atoms with Gasteiger partial charge in [0.15, 0.2) is 0 Å². The molecule has 0 aliphatic heterocycles. The lowest BCUT2D eigenvalue weighted by Crippen LogP contribution is -2.19. The summed E-state index contributed by atoms with van der Waals surface area (Å²) in [5.74, 6) is 1.50. The molecule has 0 radical (unpaired) electrons. The number of hydrogen-bond acceptors (Lipinski definition) is 5. The van der Waals surface area contributed by atoms with E-state index in [9.17, 15) is 0 Å². The molecule has 0 fully saturated rings. The number of hydrogen-bond donors (Lipinski definition) is 1. The first-order valence-electron chi connectivity index (χ1n) is 6.71. The van der Waals surface area contributed by atoms with Gasteiger partial charge in [-0.1, -0.05) is 32.4 Å². The van der Waals surface area contributed by atoms with Crippen LogP contribution in [0.5, 0.6) is 0 Å². The fourth-order valence-electron chi connectivity index (χ4n) is 1.48. The number of halogens is 1. The van der Waals surface area contributed by atoms with Gasteiger partial charge in [-0.25, -0.2) is 9.97 Å². The Labute approximate surface area is 126 Å². The van der Waals surface area contributed by atoms with Crippen molar-refractivity contribution >= 4 is 17.4 Å². The lowest BCUT2D eigenvalue weighted by atomic mass is 9.95. The zero-order chi connectivity index (χ0) is 15.2. The lowest BCUT2D eigenvalue weighted by molar-refractivity contribution is 0.0759. The van der Waals surface area contributed by atoms with Gasteiger partial charge >= 0.3 is 0 Å². The van der Waals surface area contributed by atoms with E-state index in [1.165, 1.54) is 0 Å². The highest BCUT2D eigenvalue weighted by Gasteiger charge is 2.20.